The summed E-state index contributed by atoms with van der Waals surface area (Å²) in [6.45, 7) is 0.511. The Balaban J connectivity index is 1.97. The van der Waals surface area contributed by atoms with Gasteiger partial charge in [-0.1, -0.05) is 6.07 Å². The third kappa shape index (κ3) is 2.05. The Kier molecular flexibility index (Phi) is 2.82. The Morgan fingerprint density at radius 3 is 3.12 bits per heavy atom. The van der Waals surface area contributed by atoms with E-state index in [4.69, 9.17) is 10.7 Å². The van der Waals surface area contributed by atoms with Gasteiger partial charge < -0.3 is 5.73 Å². The molecule has 0 amide bonds. The summed E-state index contributed by atoms with van der Waals surface area (Å²) in [5.41, 5.74) is 9.43. The van der Waals surface area contributed by atoms with Crippen molar-refractivity contribution in [3.05, 3.63) is 29.2 Å². The maximum absolute atomic E-state index is 5.77. The van der Waals surface area contributed by atoms with Crippen LogP contribution in [0.3, 0.4) is 0 Å². The first-order chi connectivity index (χ1) is 8.36. The van der Waals surface area contributed by atoms with Crippen LogP contribution in [0.15, 0.2) is 22.6 Å². The van der Waals surface area contributed by atoms with Gasteiger partial charge in [-0.05, 0) is 42.2 Å². The maximum atomic E-state index is 5.77. The van der Waals surface area contributed by atoms with Crippen molar-refractivity contribution in [1.82, 2.24) is 20.2 Å². The number of aromatic amines is 1. The predicted octanol–water partition coefficient (Wildman–Crippen LogP) is 1.30. The monoisotopic (exact) mass is 247 g/mol. The lowest BCUT2D eigenvalue weighted by atomic mass is 10.1. The van der Waals surface area contributed by atoms with Crippen LogP contribution in [-0.4, -0.2) is 20.2 Å². The average molecular weight is 247 g/mol. The van der Waals surface area contributed by atoms with Gasteiger partial charge in [-0.3, -0.25) is 5.10 Å². The molecule has 1 aliphatic rings. The minimum atomic E-state index is 0.511. The third-order valence-corrected chi connectivity index (χ3v) is 3.83. The number of nitrogens with one attached hydrogen (secondary N) is 1. The molecule has 0 fully saturated rings. The second-order valence-electron chi connectivity index (χ2n) is 4.01. The molecule has 0 radical (unpaired) electrons. The number of nitrogens with two attached hydrogens (primary N) is 1. The zero-order chi connectivity index (χ0) is 11.7. The van der Waals surface area contributed by atoms with E-state index in [-0.39, 0.29) is 0 Å². The Hall–Kier alpha value is -1.40. The van der Waals surface area contributed by atoms with Crippen LogP contribution in [0.25, 0.3) is 0 Å². The fraction of sp³-hybridized carbons (Fsp3) is 0.364. The standard InChI is InChI=1S/C11H13N5S/c12-5-8-4-7-2-1-3-9(7)15-10(8)17-11-13-6-14-16-11/h4,6H,1-3,5,12H2,(H,13,14,16). The number of hydrogen-bond acceptors (Lipinski definition) is 5. The van der Waals surface area contributed by atoms with Crippen molar-refractivity contribution in [1.29, 1.82) is 0 Å². The van der Waals surface area contributed by atoms with Crippen LogP contribution in [0, 0.1) is 0 Å². The normalized spacial score (nSPS) is 13.9. The zero-order valence-corrected chi connectivity index (χ0v) is 10.1. The molecule has 0 aliphatic heterocycles. The third-order valence-electron chi connectivity index (χ3n) is 2.90. The zero-order valence-electron chi connectivity index (χ0n) is 9.31. The lowest BCUT2D eigenvalue weighted by Crippen LogP contribution is -2.03. The molecule has 0 aromatic carbocycles. The van der Waals surface area contributed by atoms with Crippen LogP contribution in [-0.2, 0) is 19.4 Å². The highest BCUT2D eigenvalue weighted by Crippen LogP contribution is 2.30. The van der Waals surface area contributed by atoms with E-state index in [2.05, 4.69) is 21.2 Å². The van der Waals surface area contributed by atoms with E-state index in [0.717, 1.165) is 28.6 Å². The molecule has 2 aromatic heterocycles. The molecule has 0 bridgehead atoms. The highest BCUT2D eigenvalue weighted by molar-refractivity contribution is 7.99. The molecular formula is C11H13N5S. The van der Waals surface area contributed by atoms with E-state index >= 15 is 0 Å². The van der Waals surface area contributed by atoms with Crippen LogP contribution >= 0.6 is 11.8 Å². The van der Waals surface area contributed by atoms with Crippen molar-refractivity contribution in [2.75, 3.05) is 0 Å². The number of pyridine rings is 1. The molecule has 17 heavy (non-hydrogen) atoms. The summed E-state index contributed by atoms with van der Waals surface area (Å²) >= 11 is 1.49. The molecule has 5 nitrogen and oxygen atoms in total. The number of aryl methyl sites for hydroxylation is 2. The molecule has 88 valence electrons. The van der Waals surface area contributed by atoms with Crippen LogP contribution in [0.2, 0.25) is 0 Å². The van der Waals surface area contributed by atoms with Gasteiger partial charge in [0.05, 0.1) is 0 Å². The molecule has 0 spiro atoms. The van der Waals surface area contributed by atoms with Crippen molar-refractivity contribution in [2.24, 2.45) is 5.73 Å². The van der Waals surface area contributed by atoms with Gasteiger partial charge in [0.15, 0.2) is 5.16 Å². The minimum absolute atomic E-state index is 0.511. The summed E-state index contributed by atoms with van der Waals surface area (Å²) in [6, 6.07) is 2.19. The van der Waals surface area contributed by atoms with E-state index < -0.39 is 0 Å². The van der Waals surface area contributed by atoms with Crippen molar-refractivity contribution in [2.45, 2.75) is 36.0 Å². The van der Waals surface area contributed by atoms with Crippen molar-refractivity contribution >= 4 is 11.8 Å². The van der Waals surface area contributed by atoms with Crippen LogP contribution in [0.1, 0.15) is 23.2 Å². The Morgan fingerprint density at radius 2 is 2.35 bits per heavy atom. The van der Waals surface area contributed by atoms with Gasteiger partial charge in [0.1, 0.15) is 11.4 Å². The Bertz CT molecular complexity index is 523. The second-order valence-corrected chi connectivity index (χ2v) is 4.99. The van der Waals surface area contributed by atoms with E-state index in [9.17, 15) is 0 Å². The highest BCUT2D eigenvalue weighted by atomic mass is 32.2. The topological polar surface area (TPSA) is 80.5 Å². The summed E-state index contributed by atoms with van der Waals surface area (Å²) in [5.74, 6) is 0. The second kappa shape index (κ2) is 4.46. The number of fused-ring (bicyclic) bond motifs is 1. The number of nitrogens with zero attached hydrogens (tertiary/aromatic N) is 3. The first kappa shape index (κ1) is 10.7. The molecule has 3 N–H and O–H groups in total. The smallest absolute Gasteiger partial charge is 0.189 e. The molecule has 6 heteroatoms. The number of hydrogen-bond donors (Lipinski definition) is 2. The molecule has 0 unspecified atom stereocenters. The van der Waals surface area contributed by atoms with Crippen molar-refractivity contribution in [3.63, 3.8) is 0 Å². The molecule has 1 aliphatic carbocycles. The van der Waals surface area contributed by atoms with Gasteiger partial charge in [-0.2, -0.15) is 5.10 Å². The summed E-state index contributed by atoms with van der Waals surface area (Å²) < 4.78 is 0. The minimum Gasteiger partial charge on any atom is -0.326 e. The van der Waals surface area contributed by atoms with Crippen LogP contribution < -0.4 is 5.73 Å². The number of rotatable bonds is 3. The summed E-state index contributed by atoms with van der Waals surface area (Å²) in [7, 11) is 0. The number of H-pyrrole nitrogens is 1. The highest BCUT2D eigenvalue weighted by Gasteiger charge is 2.17. The summed E-state index contributed by atoms with van der Waals surface area (Å²) in [6.07, 6.45) is 4.90. The summed E-state index contributed by atoms with van der Waals surface area (Å²) in [4.78, 5) is 8.79. The van der Waals surface area contributed by atoms with E-state index in [1.807, 2.05) is 0 Å². The van der Waals surface area contributed by atoms with Crippen LogP contribution in [0.4, 0.5) is 0 Å². The lowest BCUT2D eigenvalue weighted by Gasteiger charge is -2.08. The summed E-state index contributed by atoms with van der Waals surface area (Å²) in [5, 5.41) is 8.36. The van der Waals surface area contributed by atoms with Gasteiger partial charge in [-0.15, -0.1) is 0 Å². The molecule has 2 aromatic rings. The lowest BCUT2D eigenvalue weighted by molar-refractivity contribution is 0.881. The van der Waals surface area contributed by atoms with E-state index in [1.165, 1.54) is 35.8 Å². The first-order valence-electron chi connectivity index (χ1n) is 5.62. The quantitative estimate of drug-likeness (QED) is 0.854. The number of aromatic nitrogens is 4. The molecule has 0 saturated heterocycles. The van der Waals surface area contributed by atoms with Crippen molar-refractivity contribution < 1.29 is 0 Å². The van der Waals surface area contributed by atoms with Crippen molar-refractivity contribution in [3.8, 4) is 0 Å². The average Bonchev–Trinajstić information content (AvgIpc) is 2.98. The van der Waals surface area contributed by atoms with E-state index in [0.29, 0.717) is 6.54 Å². The molecule has 2 heterocycles. The van der Waals surface area contributed by atoms with Gasteiger partial charge in [0.25, 0.3) is 0 Å². The van der Waals surface area contributed by atoms with Gasteiger partial charge in [-0.25, -0.2) is 9.97 Å². The SMILES string of the molecule is NCc1cc2c(nc1Sc1ncn[nH]1)CCC2. The molecule has 3 rings (SSSR count). The molecular weight excluding hydrogens is 234 g/mol. The predicted molar refractivity (Wildman–Crippen MR) is 64.7 cm³/mol. The van der Waals surface area contributed by atoms with Gasteiger partial charge in [0, 0.05) is 12.2 Å². The fourth-order valence-electron chi connectivity index (χ4n) is 2.07. The van der Waals surface area contributed by atoms with Gasteiger partial charge in [0.2, 0.25) is 0 Å². The largest absolute Gasteiger partial charge is 0.326 e. The van der Waals surface area contributed by atoms with E-state index in [1.54, 1.807) is 0 Å². The first-order valence-corrected chi connectivity index (χ1v) is 6.43. The molecule has 0 atom stereocenters. The van der Waals surface area contributed by atoms with Crippen LogP contribution in [0.5, 0.6) is 0 Å². The van der Waals surface area contributed by atoms with Gasteiger partial charge >= 0.3 is 0 Å². The Labute approximate surface area is 103 Å². The fourth-order valence-corrected chi connectivity index (χ4v) is 2.88. The molecule has 0 saturated carbocycles. The Morgan fingerprint density at radius 1 is 1.41 bits per heavy atom. The maximum Gasteiger partial charge on any atom is 0.189 e.